The first-order chi connectivity index (χ1) is 7.58. The third-order valence-corrected chi connectivity index (χ3v) is 4.85. The topological polar surface area (TPSA) is 17.1 Å². The van der Waals surface area contributed by atoms with Crippen LogP contribution in [0.15, 0.2) is 0 Å². The monoisotopic (exact) mass is 222 g/mol. The Morgan fingerprint density at radius 3 is 2.19 bits per heavy atom. The second-order valence-corrected chi connectivity index (χ2v) is 6.54. The smallest absolute Gasteiger partial charge is 0.136 e. The fraction of sp³-hybridized carbons (Fsp3) is 0.933. The summed E-state index contributed by atoms with van der Waals surface area (Å²) < 4.78 is 0. The van der Waals surface area contributed by atoms with Crippen molar-refractivity contribution in [2.75, 3.05) is 0 Å². The molecule has 2 rings (SSSR count). The minimum atomic E-state index is 0.327. The highest BCUT2D eigenvalue weighted by Gasteiger charge is 2.40. The second-order valence-electron chi connectivity index (χ2n) is 6.54. The van der Waals surface area contributed by atoms with Crippen LogP contribution < -0.4 is 0 Å². The van der Waals surface area contributed by atoms with Gasteiger partial charge in [0.15, 0.2) is 0 Å². The minimum Gasteiger partial charge on any atom is -0.299 e. The fourth-order valence-corrected chi connectivity index (χ4v) is 3.87. The zero-order chi connectivity index (χ0) is 11.7. The Morgan fingerprint density at radius 1 is 1.12 bits per heavy atom. The van der Waals surface area contributed by atoms with Gasteiger partial charge in [-0.15, -0.1) is 0 Å². The molecule has 0 aromatic heterocycles. The molecule has 0 radical (unpaired) electrons. The second kappa shape index (κ2) is 4.89. The van der Waals surface area contributed by atoms with Gasteiger partial charge in [0.1, 0.15) is 5.78 Å². The maximum atomic E-state index is 12.1. The van der Waals surface area contributed by atoms with E-state index in [9.17, 15) is 4.79 Å². The van der Waals surface area contributed by atoms with Gasteiger partial charge in [0.2, 0.25) is 0 Å². The summed E-state index contributed by atoms with van der Waals surface area (Å²) in [5.41, 5.74) is 0. The Balaban J connectivity index is 1.86. The van der Waals surface area contributed by atoms with E-state index >= 15 is 0 Å². The number of rotatable bonds is 4. The number of ketones is 1. The number of hydrogen-bond acceptors (Lipinski definition) is 1. The Hall–Kier alpha value is -0.330. The van der Waals surface area contributed by atoms with Crippen molar-refractivity contribution in [1.82, 2.24) is 0 Å². The molecule has 0 saturated heterocycles. The molecule has 0 amide bonds. The van der Waals surface area contributed by atoms with Crippen LogP contribution in [0.4, 0.5) is 0 Å². The third kappa shape index (κ3) is 2.49. The van der Waals surface area contributed by atoms with Crippen LogP contribution in [0.25, 0.3) is 0 Å². The van der Waals surface area contributed by atoms with E-state index in [1.165, 1.54) is 32.1 Å². The van der Waals surface area contributed by atoms with Gasteiger partial charge in [0.05, 0.1) is 0 Å². The van der Waals surface area contributed by atoms with Crippen LogP contribution in [0.3, 0.4) is 0 Å². The summed E-state index contributed by atoms with van der Waals surface area (Å²) in [4.78, 5) is 12.1. The lowest BCUT2D eigenvalue weighted by Gasteiger charge is -2.19. The summed E-state index contributed by atoms with van der Waals surface area (Å²) in [5.74, 6) is 4.02. The van der Waals surface area contributed by atoms with E-state index in [4.69, 9.17) is 0 Å². The predicted octanol–water partition coefficient (Wildman–Crippen LogP) is 4.06. The van der Waals surface area contributed by atoms with Gasteiger partial charge in [0, 0.05) is 12.3 Å². The molecule has 0 heterocycles. The molecule has 0 aliphatic heterocycles. The largest absolute Gasteiger partial charge is 0.299 e. The molecule has 4 atom stereocenters. The standard InChI is InChI=1S/C15H26O/c1-10(2)7-15(16)11(3)14-8-12-5-4-6-13(12)9-14/h10-14H,4-9H2,1-3H3/t11-,12-,13+,14?/m0/s1. The Morgan fingerprint density at radius 2 is 1.69 bits per heavy atom. The molecular formula is C15H26O. The molecule has 2 saturated carbocycles. The molecule has 0 bridgehead atoms. The van der Waals surface area contributed by atoms with Crippen LogP contribution in [0.2, 0.25) is 0 Å². The Kier molecular flexibility index (Phi) is 3.71. The summed E-state index contributed by atoms with van der Waals surface area (Å²) in [7, 11) is 0. The van der Waals surface area contributed by atoms with Crippen molar-refractivity contribution < 1.29 is 4.79 Å². The van der Waals surface area contributed by atoms with Crippen molar-refractivity contribution in [2.24, 2.45) is 29.6 Å². The molecule has 2 aliphatic rings. The molecule has 1 heteroatoms. The Bertz CT molecular complexity index is 244. The summed E-state index contributed by atoms with van der Waals surface area (Å²) in [6.45, 7) is 6.47. The van der Waals surface area contributed by atoms with E-state index in [2.05, 4.69) is 20.8 Å². The summed E-state index contributed by atoms with van der Waals surface area (Å²) in [6.07, 6.45) is 7.78. The molecule has 0 N–H and O–H groups in total. The quantitative estimate of drug-likeness (QED) is 0.701. The van der Waals surface area contributed by atoms with Gasteiger partial charge in [0.25, 0.3) is 0 Å². The van der Waals surface area contributed by atoms with Crippen LogP contribution in [-0.2, 0) is 4.79 Å². The van der Waals surface area contributed by atoms with Gasteiger partial charge >= 0.3 is 0 Å². The van der Waals surface area contributed by atoms with Gasteiger partial charge in [-0.25, -0.2) is 0 Å². The van der Waals surface area contributed by atoms with E-state index in [0.717, 1.165) is 18.3 Å². The average Bonchev–Trinajstić information content (AvgIpc) is 2.74. The van der Waals surface area contributed by atoms with E-state index in [1.807, 2.05) is 0 Å². The molecule has 2 aliphatic carbocycles. The predicted molar refractivity (Wildman–Crippen MR) is 67.2 cm³/mol. The first-order valence-corrected chi connectivity index (χ1v) is 7.10. The third-order valence-electron chi connectivity index (χ3n) is 4.85. The Labute approximate surface area is 100.0 Å². The number of carbonyl (C=O) groups is 1. The number of Topliss-reactive ketones (excluding diaryl/α,β-unsaturated/α-hetero) is 1. The normalized spacial score (nSPS) is 35.4. The van der Waals surface area contributed by atoms with Crippen molar-refractivity contribution in [3.05, 3.63) is 0 Å². The van der Waals surface area contributed by atoms with Crippen LogP contribution in [0, 0.1) is 29.6 Å². The first kappa shape index (κ1) is 12.1. The molecule has 0 aromatic carbocycles. The van der Waals surface area contributed by atoms with Gasteiger partial charge < -0.3 is 0 Å². The van der Waals surface area contributed by atoms with Crippen LogP contribution in [-0.4, -0.2) is 5.78 Å². The van der Waals surface area contributed by atoms with E-state index in [1.54, 1.807) is 0 Å². The fourth-order valence-electron chi connectivity index (χ4n) is 3.87. The maximum absolute atomic E-state index is 12.1. The lowest BCUT2D eigenvalue weighted by atomic mass is 9.84. The lowest BCUT2D eigenvalue weighted by Crippen LogP contribution is -2.21. The molecule has 92 valence electrons. The molecule has 2 fully saturated rings. The van der Waals surface area contributed by atoms with Crippen LogP contribution in [0.1, 0.15) is 59.3 Å². The van der Waals surface area contributed by atoms with Crippen molar-refractivity contribution in [3.8, 4) is 0 Å². The SMILES string of the molecule is CC(C)CC(=O)[C@@H](C)C1C[C@H]2CCC[C@H]2C1. The summed E-state index contributed by atoms with van der Waals surface area (Å²) >= 11 is 0. The highest BCUT2D eigenvalue weighted by Crippen LogP contribution is 2.49. The number of hydrogen-bond donors (Lipinski definition) is 0. The summed E-state index contributed by atoms with van der Waals surface area (Å²) in [5, 5.41) is 0. The molecule has 0 spiro atoms. The minimum absolute atomic E-state index is 0.327. The van der Waals surface area contributed by atoms with Gasteiger partial charge in [-0.05, 0) is 36.5 Å². The van der Waals surface area contributed by atoms with E-state index in [0.29, 0.717) is 23.5 Å². The molecular weight excluding hydrogens is 196 g/mol. The first-order valence-electron chi connectivity index (χ1n) is 7.10. The zero-order valence-corrected chi connectivity index (χ0v) is 11.0. The number of carbonyl (C=O) groups excluding carboxylic acids is 1. The average molecular weight is 222 g/mol. The number of fused-ring (bicyclic) bond motifs is 1. The molecule has 1 unspecified atom stereocenters. The van der Waals surface area contributed by atoms with E-state index in [-0.39, 0.29) is 0 Å². The van der Waals surface area contributed by atoms with Gasteiger partial charge in [-0.1, -0.05) is 40.0 Å². The van der Waals surface area contributed by atoms with Crippen LogP contribution in [0.5, 0.6) is 0 Å². The van der Waals surface area contributed by atoms with E-state index < -0.39 is 0 Å². The van der Waals surface area contributed by atoms with Crippen molar-refractivity contribution in [3.63, 3.8) is 0 Å². The van der Waals surface area contributed by atoms with Gasteiger partial charge in [-0.3, -0.25) is 4.79 Å². The zero-order valence-electron chi connectivity index (χ0n) is 11.0. The van der Waals surface area contributed by atoms with Crippen molar-refractivity contribution in [2.45, 2.75) is 59.3 Å². The van der Waals surface area contributed by atoms with Crippen LogP contribution >= 0.6 is 0 Å². The lowest BCUT2D eigenvalue weighted by molar-refractivity contribution is -0.124. The highest BCUT2D eigenvalue weighted by molar-refractivity contribution is 5.81. The molecule has 1 nitrogen and oxygen atoms in total. The van der Waals surface area contributed by atoms with Gasteiger partial charge in [-0.2, -0.15) is 0 Å². The molecule has 16 heavy (non-hydrogen) atoms. The van der Waals surface area contributed by atoms with Crippen molar-refractivity contribution >= 4 is 5.78 Å². The maximum Gasteiger partial charge on any atom is 0.136 e. The highest BCUT2D eigenvalue weighted by atomic mass is 16.1. The summed E-state index contributed by atoms with van der Waals surface area (Å²) in [6, 6.07) is 0. The van der Waals surface area contributed by atoms with Crippen molar-refractivity contribution in [1.29, 1.82) is 0 Å². The molecule has 0 aromatic rings.